The number of nitrogens with two attached hydrogens (primary N) is 1. The summed E-state index contributed by atoms with van der Waals surface area (Å²) in [6, 6.07) is 1.95. The lowest BCUT2D eigenvalue weighted by Crippen LogP contribution is -2.37. The van der Waals surface area contributed by atoms with Gasteiger partial charge in [-0.2, -0.15) is 5.10 Å². The molecule has 1 aliphatic rings. The Bertz CT molecular complexity index is 370. The van der Waals surface area contributed by atoms with Crippen LogP contribution in [0.25, 0.3) is 0 Å². The zero-order valence-electron chi connectivity index (χ0n) is 10.1. The van der Waals surface area contributed by atoms with E-state index < -0.39 is 0 Å². The van der Waals surface area contributed by atoms with Crippen molar-refractivity contribution in [3.8, 4) is 0 Å². The molecule has 17 heavy (non-hydrogen) atoms. The van der Waals surface area contributed by atoms with E-state index in [0.29, 0.717) is 12.5 Å². The Morgan fingerprint density at radius 2 is 2.41 bits per heavy atom. The molecule has 0 radical (unpaired) electrons. The maximum Gasteiger partial charge on any atom is 0.188 e. The molecule has 0 aromatic carbocycles. The zero-order chi connectivity index (χ0) is 11.4. The molecule has 2 rings (SSSR count). The van der Waals surface area contributed by atoms with Crippen LogP contribution in [0.15, 0.2) is 17.3 Å². The molecule has 1 aromatic heterocycles. The first-order valence-electron chi connectivity index (χ1n) is 5.76. The van der Waals surface area contributed by atoms with Crippen molar-refractivity contribution in [1.82, 2.24) is 15.1 Å². The zero-order valence-corrected chi connectivity index (χ0v) is 12.4. The normalized spacial score (nSPS) is 16.2. The van der Waals surface area contributed by atoms with Gasteiger partial charge in [-0.05, 0) is 24.8 Å². The van der Waals surface area contributed by atoms with Gasteiger partial charge in [0.15, 0.2) is 5.96 Å². The average Bonchev–Trinajstić information content (AvgIpc) is 2.59. The standard InChI is InChI=1S/C11H19N5.HI/c1-16-6-5-10(15-16)8-14-11(12)13-7-9-3-2-4-9;/h5-6,9H,2-4,7-8H2,1H3,(H3,12,13,14);1H. The van der Waals surface area contributed by atoms with Crippen LogP contribution in [0, 0.1) is 5.92 Å². The first-order valence-corrected chi connectivity index (χ1v) is 5.76. The van der Waals surface area contributed by atoms with E-state index in [1.807, 2.05) is 19.3 Å². The van der Waals surface area contributed by atoms with Gasteiger partial charge in [0.1, 0.15) is 0 Å². The molecule has 1 heterocycles. The van der Waals surface area contributed by atoms with E-state index >= 15 is 0 Å². The van der Waals surface area contributed by atoms with Crippen LogP contribution in [0.4, 0.5) is 0 Å². The Morgan fingerprint density at radius 3 is 2.94 bits per heavy atom. The molecule has 6 heteroatoms. The Labute approximate surface area is 119 Å². The molecule has 0 bridgehead atoms. The maximum absolute atomic E-state index is 5.76. The van der Waals surface area contributed by atoms with E-state index in [4.69, 9.17) is 5.73 Å². The van der Waals surface area contributed by atoms with Crippen LogP contribution in [0.5, 0.6) is 0 Å². The summed E-state index contributed by atoms with van der Waals surface area (Å²) in [5.41, 5.74) is 6.70. The fourth-order valence-electron chi connectivity index (χ4n) is 1.72. The largest absolute Gasteiger partial charge is 0.370 e. The molecule has 0 amide bonds. The number of aryl methyl sites for hydroxylation is 1. The Morgan fingerprint density at radius 1 is 1.65 bits per heavy atom. The van der Waals surface area contributed by atoms with Crippen LogP contribution in [0.2, 0.25) is 0 Å². The summed E-state index contributed by atoms with van der Waals surface area (Å²) in [7, 11) is 1.89. The van der Waals surface area contributed by atoms with Crippen molar-refractivity contribution < 1.29 is 0 Å². The topological polar surface area (TPSA) is 68.2 Å². The molecule has 1 saturated carbocycles. The summed E-state index contributed by atoms with van der Waals surface area (Å²) in [4.78, 5) is 4.25. The molecule has 1 fully saturated rings. The van der Waals surface area contributed by atoms with Gasteiger partial charge in [0, 0.05) is 19.8 Å². The Kier molecular flexibility index (Phi) is 5.73. The summed E-state index contributed by atoms with van der Waals surface area (Å²) >= 11 is 0. The summed E-state index contributed by atoms with van der Waals surface area (Å²) in [5, 5.41) is 7.39. The molecule has 1 aliphatic carbocycles. The highest BCUT2D eigenvalue weighted by Crippen LogP contribution is 2.24. The smallest absolute Gasteiger partial charge is 0.188 e. The van der Waals surface area contributed by atoms with Gasteiger partial charge in [-0.15, -0.1) is 24.0 Å². The molecule has 5 nitrogen and oxygen atoms in total. The number of halogens is 1. The first kappa shape index (κ1) is 14.3. The highest BCUT2D eigenvalue weighted by Gasteiger charge is 2.16. The number of aromatic nitrogens is 2. The predicted molar refractivity (Wildman–Crippen MR) is 79.3 cm³/mol. The summed E-state index contributed by atoms with van der Waals surface area (Å²) in [6.07, 6.45) is 5.90. The highest BCUT2D eigenvalue weighted by atomic mass is 127. The number of hydrogen-bond acceptors (Lipinski definition) is 2. The quantitative estimate of drug-likeness (QED) is 0.488. The number of aliphatic imine (C=N–C) groups is 1. The third-order valence-corrected chi connectivity index (χ3v) is 2.98. The van der Waals surface area contributed by atoms with Crippen molar-refractivity contribution in [1.29, 1.82) is 0 Å². The highest BCUT2D eigenvalue weighted by molar-refractivity contribution is 14.0. The molecule has 96 valence electrons. The van der Waals surface area contributed by atoms with Crippen LogP contribution in [-0.4, -0.2) is 22.3 Å². The molecule has 0 aliphatic heterocycles. The number of rotatable bonds is 4. The van der Waals surface area contributed by atoms with E-state index in [1.165, 1.54) is 19.3 Å². The maximum atomic E-state index is 5.76. The Balaban J connectivity index is 0.00000144. The number of nitrogens with one attached hydrogen (secondary N) is 1. The van der Waals surface area contributed by atoms with E-state index in [2.05, 4.69) is 15.4 Å². The van der Waals surface area contributed by atoms with Crippen molar-refractivity contribution in [2.45, 2.75) is 25.8 Å². The van der Waals surface area contributed by atoms with Gasteiger partial charge in [0.05, 0.1) is 12.2 Å². The van der Waals surface area contributed by atoms with Crippen molar-refractivity contribution in [2.75, 3.05) is 6.54 Å². The van der Waals surface area contributed by atoms with E-state index in [9.17, 15) is 0 Å². The van der Waals surface area contributed by atoms with Crippen LogP contribution in [-0.2, 0) is 13.6 Å². The third-order valence-electron chi connectivity index (χ3n) is 2.98. The monoisotopic (exact) mass is 349 g/mol. The van der Waals surface area contributed by atoms with Crippen LogP contribution >= 0.6 is 24.0 Å². The number of nitrogens with zero attached hydrogens (tertiary/aromatic N) is 3. The number of hydrogen-bond donors (Lipinski definition) is 2. The minimum Gasteiger partial charge on any atom is -0.370 e. The van der Waals surface area contributed by atoms with Gasteiger partial charge >= 0.3 is 0 Å². The molecule has 0 spiro atoms. The van der Waals surface area contributed by atoms with E-state index in [-0.39, 0.29) is 24.0 Å². The van der Waals surface area contributed by atoms with Gasteiger partial charge in [-0.1, -0.05) is 6.42 Å². The summed E-state index contributed by atoms with van der Waals surface area (Å²) in [5.74, 6) is 1.32. The molecule has 0 saturated heterocycles. The van der Waals surface area contributed by atoms with Crippen molar-refractivity contribution in [3.05, 3.63) is 18.0 Å². The predicted octanol–water partition coefficient (Wildman–Crippen LogP) is 1.24. The Hall–Kier alpha value is -0.790. The lowest BCUT2D eigenvalue weighted by Gasteiger charge is -2.25. The van der Waals surface area contributed by atoms with Crippen LogP contribution < -0.4 is 11.1 Å². The van der Waals surface area contributed by atoms with Gasteiger partial charge in [-0.3, -0.25) is 4.68 Å². The van der Waals surface area contributed by atoms with Crippen molar-refractivity contribution >= 4 is 29.9 Å². The second kappa shape index (κ2) is 6.83. The second-order valence-corrected chi connectivity index (χ2v) is 4.36. The van der Waals surface area contributed by atoms with Gasteiger partial charge in [0.25, 0.3) is 0 Å². The third kappa shape index (κ3) is 4.53. The number of guanidine groups is 1. The summed E-state index contributed by atoms with van der Waals surface area (Å²) in [6.45, 7) is 1.50. The fraction of sp³-hybridized carbons (Fsp3) is 0.636. The molecule has 1 aromatic rings. The van der Waals surface area contributed by atoms with E-state index in [1.54, 1.807) is 4.68 Å². The van der Waals surface area contributed by atoms with Crippen LogP contribution in [0.3, 0.4) is 0 Å². The van der Waals surface area contributed by atoms with Crippen molar-refractivity contribution in [3.63, 3.8) is 0 Å². The lowest BCUT2D eigenvalue weighted by molar-refractivity contribution is 0.315. The van der Waals surface area contributed by atoms with E-state index in [0.717, 1.165) is 18.2 Å². The van der Waals surface area contributed by atoms with Crippen molar-refractivity contribution in [2.24, 2.45) is 23.7 Å². The molecule has 3 N–H and O–H groups in total. The average molecular weight is 349 g/mol. The van der Waals surface area contributed by atoms with Gasteiger partial charge in [-0.25, -0.2) is 4.99 Å². The fourth-order valence-corrected chi connectivity index (χ4v) is 1.72. The molecule has 0 unspecified atom stereocenters. The molecular weight excluding hydrogens is 329 g/mol. The lowest BCUT2D eigenvalue weighted by atomic mass is 9.85. The summed E-state index contributed by atoms with van der Waals surface area (Å²) < 4.78 is 1.77. The second-order valence-electron chi connectivity index (χ2n) is 4.36. The molecule has 0 atom stereocenters. The molecular formula is C11H20IN5. The first-order chi connectivity index (χ1) is 7.74. The SMILES string of the molecule is Cn1ccc(CN=C(N)NCC2CCC2)n1.I. The van der Waals surface area contributed by atoms with Crippen LogP contribution in [0.1, 0.15) is 25.0 Å². The van der Waals surface area contributed by atoms with Gasteiger partial charge in [0.2, 0.25) is 0 Å². The minimum absolute atomic E-state index is 0. The van der Waals surface area contributed by atoms with Gasteiger partial charge < -0.3 is 11.1 Å². The minimum atomic E-state index is 0.